The van der Waals surface area contributed by atoms with Gasteiger partial charge >= 0.3 is 0 Å². The molecule has 6 nitrogen and oxygen atoms in total. The number of nitrogens with one attached hydrogen (secondary N) is 1. The number of hydrogen-bond acceptors (Lipinski definition) is 7. The van der Waals surface area contributed by atoms with E-state index in [4.69, 9.17) is 22.1 Å². The molecule has 0 atom stereocenters. The van der Waals surface area contributed by atoms with E-state index < -0.39 is 0 Å². The number of thiazole rings is 1. The molecule has 0 aliphatic carbocycles. The van der Waals surface area contributed by atoms with Crippen LogP contribution in [0.15, 0.2) is 24.5 Å². The molecule has 102 valence electrons. The van der Waals surface area contributed by atoms with Gasteiger partial charge in [0, 0.05) is 0 Å². The van der Waals surface area contributed by atoms with Crippen molar-refractivity contribution in [1.29, 1.82) is 0 Å². The summed E-state index contributed by atoms with van der Waals surface area (Å²) in [5.41, 5.74) is 6.50. The van der Waals surface area contributed by atoms with Crippen molar-refractivity contribution in [2.75, 3.05) is 18.2 Å². The van der Waals surface area contributed by atoms with Crippen LogP contribution >= 0.6 is 22.9 Å². The minimum atomic E-state index is 0.229. The number of fused-ring (bicyclic) bond motifs is 1. The molecule has 20 heavy (non-hydrogen) atoms. The van der Waals surface area contributed by atoms with Gasteiger partial charge in [-0.25, -0.2) is 15.0 Å². The van der Waals surface area contributed by atoms with Gasteiger partial charge < -0.3 is 15.8 Å². The lowest BCUT2D eigenvalue weighted by atomic mass is 10.3. The van der Waals surface area contributed by atoms with Gasteiger partial charge in [0.2, 0.25) is 0 Å². The number of benzene rings is 1. The van der Waals surface area contributed by atoms with Gasteiger partial charge in [0.1, 0.15) is 22.9 Å². The second kappa shape index (κ2) is 5.10. The second-order valence-electron chi connectivity index (χ2n) is 3.90. The first-order chi connectivity index (χ1) is 9.67. The summed E-state index contributed by atoms with van der Waals surface area (Å²) < 4.78 is 6.19. The molecule has 3 rings (SSSR count). The summed E-state index contributed by atoms with van der Waals surface area (Å²) in [6.07, 6.45) is 1.35. The normalized spacial score (nSPS) is 10.7. The lowest BCUT2D eigenvalue weighted by molar-refractivity contribution is 0.415. The van der Waals surface area contributed by atoms with Crippen LogP contribution in [0.1, 0.15) is 0 Å². The summed E-state index contributed by atoms with van der Waals surface area (Å²) in [6.45, 7) is 0. The van der Waals surface area contributed by atoms with Crippen LogP contribution in [0, 0.1) is 0 Å². The lowest BCUT2D eigenvalue weighted by Gasteiger charge is -2.04. The average Bonchev–Trinajstić information content (AvgIpc) is 2.85. The third-order valence-electron chi connectivity index (χ3n) is 2.64. The van der Waals surface area contributed by atoms with Gasteiger partial charge in [0.05, 0.1) is 17.3 Å². The van der Waals surface area contributed by atoms with Crippen LogP contribution in [0.3, 0.4) is 0 Å². The first kappa shape index (κ1) is 12.9. The number of ether oxygens (including phenoxy) is 1. The molecule has 2 aromatic heterocycles. The Bertz CT molecular complexity index is 776. The molecule has 0 aliphatic heterocycles. The molecule has 8 heteroatoms. The Balaban J connectivity index is 1.96. The van der Waals surface area contributed by atoms with E-state index in [0.29, 0.717) is 10.9 Å². The number of nitrogens with zero attached hydrogens (tertiary/aromatic N) is 3. The maximum Gasteiger partial charge on any atom is 0.189 e. The molecule has 3 N–H and O–H groups in total. The number of anilines is 3. The van der Waals surface area contributed by atoms with E-state index in [0.717, 1.165) is 16.0 Å². The van der Waals surface area contributed by atoms with Crippen LogP contribution in [0.25, 0.3) is 10.2 Å². The van der Waals surface area contributed by atoms with E-state index >= 15 is 0 Å². The number of halogens is 1. The summed E-state index contributed by atoms with van der Waals surface area (Å²) in [7, 11) is 1.63. The molecule has 0 aliphatic rings. The third kappa shape index (κ3) is 2.33. The fraction of sp³-hybridized carbons (Fsp3) is 0.0833. The molecule has 0 bridgehead atoms. The van der Waals surface area contributed by atoms with Crippen molar-refractivity contribution in [2.45, 2.75) is 0 Å². The summed E-state index contributed by atoms with van der Waals surface area (Å²) >= 11 is 7.51. The van der Waals surface area contributed by atoms with Gasteiger partial charge in [0.15, 0.2) is 10.9 Å². The maximum atomic E-state index is 6.03. The number of rotatable bonds is 3. The quantitative estimate of drug-likeness (QED) is 0.773. The Morgan fingerprint density at radius 3 is 3.00 bits per heavy atom. The molecule has 3 aromatic rings. The number of aromatic nitrogens is 3. The molecule has 0 amide bonds. The molecule has 0 fully saturated rings. The maximum absolute atomic E-state index is 6.03. The Kier molecular flexibility index (Phi) is 3.29. The molecular formula is C12H10ClN5OS. The van der Waals surface area contributed by atoms with E-state index in [2.05, 4.69) is 20.3 Å². The Hall–Kier alpha value is -2.12. The van der Waals surface area contributed by atoms with Crippen molar-refractivity contribution in [1.82, 2.24) is 15.0 Å². The first-order valence-corrected chi connectivity index (χ1v) is 6.84. The summed E-state index contributed by atoms with van der Waals surface area (Å²) in [5, 5.41) is 4.00. The van der Waals surface area contributed by atoms with Crippen LogP contribution in [0.2, 0.25) is 5.02 Å². The van der Waals surface area contributed by atoms with Gasteiger partial charge in [-0.05, 0) is 18.2 Å². The van der Waals surface area contributed by atoms with Gasteiger partial charge in [-0.15, -0.1) is 0 Å². The molecule has 0 radical (unpaired) electrons. The molecule has 1 aromatic carbocycles. The average molecular weight is 308 g/mol. The van der Waals surface area contributed by atoms with Crippen molar-refractivity contribution in [3.05, 3.63) is 29.5 Å². The van der Waals surface area contributed by atoms with Gasteiger partial charge in [-0.3, -0.25) is 0 Å². The number of nitrogens with two attached hydrogens (primary N) is 1. The summed E-state index contributed by atoms with van der Waals surface area (Å²) in [5.74, 6) is 1.45. The second-order valence-corrected chi connectivity index (χ2v) is 5.31. The van der Waals surface area contributed by atoms with E-state index in [1.165, 1.54) is 17.7 Å². The molecule has 2 heterocycles. The van der Waals surface area contributed by atoms with E-state index in [-0.39, 0.29) is 10.8 Å². The largest absolute Gasteiger partial charge is 0.497 e. The Morgan fingerprint density at radius 2 is 2.20 bits per heavy atom. The highest BCUT2D eigenvalue weighted by Gasteiger charge is 2.10. The van der Waals surface area contributed by atoms with Crippen LogP contribution in [-0.2, 0) is 0 Å². The van der Waals surface area contributed by atoms with E-state index in [1.54, 1.807) is 7.11 Å². The smallest absolute Gasteiger partial charge is 0.189 e. The minimum Gasteiger partial charge on any atom is -0.497 e. The highest BCUT2D eigenvalue weighted by atomic mass is 35.5. The molecular weight excluding hydrogens is 298 g/mol. The number of methoxy groups -OCH3 is 1. The number of nitrogen functional groups attached to an aromatic ring is 1. The summed E-state index contributed by atoms with van der Waals surface area (Å²) in [4.78, 5) is 12.3. The summed E-state index contributed by atoms with van der Waals surface area (Å²) in [6, 6.07) is 5.68. The van der Waals surface area contributed by atoms with Gasteiger partial charge in [-0.2, -0.15) is 0 Å². The monoisotopic (exact) mass is 307 g/mol. The lowest BCUT2D eigenvalue weighted by Crippen LogP contribution is -1.99. The highest BCUT2D eigenvalue weighted by molar-refractivity contribution is 7.22. The number of hydrogen-bond donors (Lipinski definition) is 2. The fourth-order valence-electron chi connectivity index (χ4n) is 1.66. The topological polar surface area (TPSA) is 86.0 Å². The van der Waals surface area contributed by atoms with Crippen molar-refractivity contribution >= 4 is 49.9 Å². The van der Waals surface area contributed by atoms with Crippen LogP contribution < -0.4 is 15.8 Å². The van der Waals surface area contributed by atoms with Gasteiger partial charge in [-0.1, -0.05) is 22.9 Å². The van der Waals surface area contributed by atoms with Crippen molar-refractivity contribution < 1.29 is 4.74 Å². The van der Waals surface area contributed by atoms with E-state index in [1.807, 2.05) is 18.2 Å². The van der Waals surface area contributed by atoms with E-state index in [9.17, 15) is 0 Å². The Labute approximate surface area is 123 Å². The zero-order chi connectivity index (χ0) is 14.1. The van der Waals surface area contributed by atoms with Crippen molar-refractivity contribution in [3.8, 4) is 5.75 Å². The van der Waals surface area contributed by atoms with Crippen LogP contribution in [-0.4, -0.2) is 22.1 Å². The predicted octanol–water partition coefficient (Wildman–Crippen LogP) is 3.07. The zero-order valence-electron chi connectivity index (χ0n) is 10.4. The molecule has 0 spiro atoms. The minimum absolute atomic E-state index is 0.229. The molecule has 0 saturated heterocycles. The molecule has 0 unspecified atom stereocenters. The van der Waals surface area contributed by atoms with Crippen molar-refractivity contribution in [3.63, 3.8) is 0 Å². The van der Waals surface area contributed by atoms with Crippen molar-refractivity contribution in [2.24, 2.45) is 0 Å². The predicted molar refractivity (Wildman–Crippen MR) is 80.9 cm³/mol. The highest BCUT2D eigenvalue weighted by Crippen LogP contribution is 2.32. The Morgan fingerprint density at radius 1 is 1.35 bits per heavy atom. The van der Waals surface area contributed by atoms with Crippen LogP contribution in [0.4, 0.5) is 16.8 Å². The zero-order valence-corrected chi connectivity index (χ0v) is 12.0. The standard InChI is InChI=1S/C12H10ClN5OS/c1-19-6-2-3-7-8(4-6)20-12(17-7)18-11-9(13)10(14)15-5-16-11/h2-5H,1H3,(H3,14,15,16,17,18). The fourth-order valence-corrected chi connectivity index (χ4v) is 2.70. The SMILES string of the molecule is COc1ccc2nc(Nc3ncnc(N)c3Cl)sc2c1. The van der Waals surface area contributed by atoms with Gasteiger partial charge in [0.25, 0.3) is 0 Å². The van der Waals surface area contributed by atoms with Crippen LogP contribution in [0.5, 0.6) is 5.75 Å². The first-order valence-electron chi connectivity index (χ1n) is 5.65. The third-order valence-corrected chi connectivity index (χ3v) is 3.94. The molecule has 0 saturated carbocycles.